The smallest absolute Gasteiger partial charge is 0.237 e. The first-order valence-electron chi connectivity index (χ1n) is 6.01. The van der Waals surface area contributed by atoms with Crippen LogP contribution in [0.3, 0.4) is 0 Å². The van der Waals surface area contributed by atoms with E-state index in [-0.39, 0.29) is 17.8 Å². The minimum Gasteiger partial charge on any atom is -0.354 e. The van der Waals surface area contributed by atoms with E-state index in [0.29, 0.717) is 6.54 Å². The van der Waals surface area contributed by atoms with Crippen LogP contribution >= 0.6 is 0 Å². The highest BCUT2D eigenvalue weighted by atomic mass is 19.1. The summed E-state index contributed by atoms with van der Waals surface area (Å²) < 4.78 is 12.7. The molecule has 2 N–H and O–H groups in total. The molecule has 17 heavy (non-hydrogen) atoms. The highest BCUT2D eigenvalue weighted by Crippen LogP contribution is 2.05. The van der Waals surface area contributed by atoms with Gasteiger partial charge in [0.25, 0.3) is 0 Å². The number of benzene rings is 1. The van der Waals surface area contributed by atoms with Crippen molar-refractivity contribution in [2.75, 3.05) is 13.1 Å². The third-order valence-electron chi connectivity index (χ3n) is 3.00. The lowest BCUT2D eigenvalue weighted by Gasteiger charge is -2.10. The topological polar surface area (TPSA) is 41.1 Å². The molecule has 0 radical (unpaired) electrons. The molecule has 1 aromatic carbocycles. The van der Waals surface area contributed by atoms with Crippen LogP contribution in [-0.2, 0) is 11.2 Å². The Morgan fingerprint density at radius 3 is 2.82 bits per heavy atom. The molecule has 92 valence electrons. The Kier molecular flexibility index (Phi) is 4.09. The van der Waals surface area contributed by atoms with E-state index in [4.69, 9.17) is 0 Å². The number of carbonyl (C=O) groups excluding carboxylic acids is 1. The molecule has 4 heteroatoms. The third-order valence-corrected chi connectivity index (χ3v) is 3.00. The van der Waals surface area contributed by atoms with Crippen molar-refractivity contribution >= 4 is 5.91 Å². The molecule has 0 aromatic heterocycles. The predicted octanol–water partition coefficient (Wildman–Crippen LogP) is 1.24. The molecule has 1 aliphatic heterocycles. The van der Waals surface area contributed by atoms with Gasteiger partial charge in [-0.15, -0.1) is 0 Å². The molecular formula is C13H17FN2O. The van der Waals surface area contributed by atoms with Crippen molar-refractivity contribution in [2.45, 2.75) is 25.3 Å². The largest absolute Gasteiger partial charge is 0.354 e. The van der Waals surface area contributed by atoms with Gasteiger partial charge in [0.05, 0.1) is 6.04 Å². The van der Waals surface area contributed by atoms with Crippen LogP contribution in [0.25, 0.3) is 0 Å². The summed E-state index contributed by atoms with van der Waals surface area (Å²) in [5.41, 5.74) is 1.03. The Labute approximate surface area is 100 Å². The van der Waals surface area contributed by atoms with Crippen molar-refractivity contribution < 1.29 is 9.18 Å². The normalized spacial score (nSPS) is 19.2. The number of halogens is 1. The van der Waals surface area contributed by atoms with E-state index in [2.05, 4.69) is 10.6 Å². The second-order valence-electron chi connectivity index (χ2n) is 4.32. The second kappa shape index (κ2) is 5.77. The summed E-state index contributed by atoms with van der Waals surface area (Å²) in [5, 5.41) is 6.04. The standard InChI is InChI=1S/C13H17FN2O/c14-11-5-3-10(4-6-11)7-9-16-13(17)12-2-1-8-15-12/h3-6,12,15H,1-2,7-9H2,(H,16,17). The zero-order valence-corrected chi connectivity index (χ0v) is 9.71. The van der Waals surface area contributed by atoms with Gasteiger partial charge >= 0.3 is 0 Å². The van der Waals surface area contributed by atoms with Gasteiger partial charge in [-0.05, 0) is 43.5 Å². The molecular weight excluding hydrogens is 219 g/mol. The quantitative estimate of drug-likeness (QED) is 0.825. The second-order valence-corrected chi connectivity index (χ2v) is 4.32. The highest BCUT2D eigenvalue weighted by molar-refractivity contribution is 5.81. The van der Waals surface area contributed by atoms with E-state index in [1.807, 2.05) is 0 Å². The average Bonchev–Trinajstić information content (AvgIpc) is 2.85. The lowest BCUT2D eigenvalue weighted by atomic mass is 10.1. The van der Waals surface area contributed by atoms with Crippen LogP contribution in [0.2, 0.25) is 0 Å². The fraction of sp³-hybridized carbons (Fsp3) is 0.462. The van der Waals surface area contributed by atoms with E-state index in [1.54, 1.807) is 12.1 Å². The molecule has 0 aliphatic carbocycles. The van der Waals surface area contributed by atoms with Crippen LogP contribution in [0.4, 0.5) is 4.39 Å². The molecule has 1 aliphatic rings. The van der Waals surface area contributed by atoms with E-state index in [0.717, 1.165) is 31.4 Å². The summed E-state index contributed by atoms with van der Waals surface area (Å²) in [6, 6.07) is 6.35. The fourth-order valence-electron chi connectivity index (χ4n) is 2.01. The fourth-order valence-corrected chi connectivity index (χ4v) is 2.01. The molecule has 1 atom stereocenters. The van der Waals surface area contributed by atoms with Crippen molar-refractivity contribution in [3.8, 4) is 0 Å². The van der Waals surface area contributed by atoms with Crippen molar-refractivity contribution in [3.05, 3.63) is 35.6 Å². The van der Waals surface area contributed by atoms with Gasteiger partial charge in [0.15, 0.2) is 0 Å². The zero-order chi connectivity index (χ0) is 12.1. The van der Waals surface area contributed by atoms with E-state index >= 15 is 0 Å². The Bertz CT molecular complexity index is 372. The summed E-state index contributed by atoms with van der Waals surface area (Å²) in [6.45, 7) is 1.53. The SMILES string of the molecule is O=C(NCCc1ccc(F)cc1)C1CCCN1. The molecule has 0 saturated carbocycles. The lowest BCUT2D eigenvalue weighted by Crippen LogP contribution is -2.41. The Hall–Kier alpha value is -1.42. The summed E-state index contributed by atoms with van der Waals surface area (Å²) in [6.07, 6.45) is 2.72. The summed E-state index contributed by atoms with van der Waals surface area (Å²) >= 11 is 0. The van der Waals surface area contributed by atoms with Crippen LogP contribution in [0.1, 0.15) is 18.4 Å². The van der Waals surface area contributed by atoms with E-state index in [9.17, 15) is 9.18 Å². The molecule has 1 aromatic rings. The van der Waals surface area contributed by atoms with Gasteiger partial charge in [0.1, 0.15) is 5.82 Å². The summed E-state index contributed by atoms with van der Waals surface area (Å²) in [4.78, 5) is 11.7. The molecule has 2 rings (SSSR count). The summed E-state index contributed by atoms with van der Waals surface area (Å²) in [7, 11) is 0. The number of nitrogens with one attached hydrogen (secondary N) is 2. The van der Waals surface area contributed by atoms with Crippen molar-refractivity contribution in [1.82, 2.24) is 10.6 Å². The van der Waals surface area contributed by atoms with E-state index in [1.165, 1.54) is 12.1 Å². The highest BCUT2D eigenvalue weighted by Gasteiger charge is 2.20. The first kappa shape index (κ1) is 12.0. The Morgan fingerprint density at radius 1 is 1.41 bits per heavy atom. The monoisotopic (exact) mass is 236 g/mol. The van der Waals surface area contributed by atoms with Gasteiger partial charge in [-0.25, -0.2) is 4.39 Å². The number of rotatable bonds is 4. The Morgan fingerprint density at radius 2 is 2.18 bits per heavy atom. The maximum atomic E-state index is 12.7. The van der Waals surface area contributed by atoms with Crippen LogP contribution in [-0.4, -0.2) is 25.0 Å². The van der Waals surface area contributed by atoms with Gasteiger partial charge < -0.3 is 10.6 Å². The van der Waals surface area contributed by atoms with Crippen LogP contribution in [0.15, 0.2) is 24.3 Å². The van der Waals surface area contributed by atoms with Gasteiger partial charge in [-0.2, -0.15) is 0 Å². The van der Waals surface area contributed by atoms with Crippen LogP contribution < -0.4 is 10.6 Å². The van der Waals surface area contributed by atoms with Gasteiger partial charge in [-0.1, -0.05) is 12.1 Å². The maximum absolute atomic E-state index is 12.7. The number of hydrogen-bond donors (Lipinski definition) is 2. The number of amides is 1. The molecule has 1 saturated heterocycles. The minimum absolute atomic E-state index is 0.0248. The molecule has 1 amide bonds. The molecule has 3 nitrogen and oxygen atoms in total. The van der Waals surface area contributed by atoms with Crippen molar-refractivity contribution in [2.24, 2.45) is 0 Å². The third kappa shape index (κ3) is 3.53. The minimum atomic E-state index is -0.229. The Balaban J connectivity index is 1.72. The molecule has 1 unspecified atom stereocenters. The van der Waals surface area contributed by atoms with E-state index < -0.39 is 0 Å². The maximum Gasteiger partial charge on any atom is 0.237 e. The first-order chi connectivity index (χ1) is 8.25. The van der Waals surface area contributed by atoms with Crippen LogP contribution in [0.5, 0.6) is 0 Å². The lowest BCUT2D eigenvalue weighted by molar-refractivity contribution is -0.122. The zero-order valence-electron chi connectivity index (χ0n) is 9.71. The van der Waals surface area contributed by atoms with Crippen LogP contribution in [0, 0.1) is 5.82 Å². The van der Waals surface area contributed by atoms with Crippen molar-refractivity contribution in [1.29, 1.82) is 0 Å². The molecule has 0 spiro atoms. The van der Waals surface area contributed by atoms with Gasteiger partial charge in [-0.3, -0.25) is 4.79 Å². The average molecular weight is 236 g/mol. The molecule has 0 bridgehead atoms. The molecule has 1 heterocycles. The summed E-state index contributed by atoms with van der Waals surface area (Å²) in [5.74, 6) is -0.155. The molecule has 1 fully saturated rings. The number of hydrogen-bond acceptors (Lipinski definition) is 2. The van der Waals surface area contributed by atoms with Crippen molar-refractivity contribution in [3.63, 3.8) is 0 Å². The van der Waals surface area contributed by atoms with Gasteiger partial charge in [0, 0.05) is 6.54 Å². The number of carbonyl (C=O) groups is 1. The van der Waals surface area contributed by atoms with Gasteiger partial charge in [0.2, 0.25) is 5.91 Å². The first-order valence-corrected chi connectivity index (χ1v) is 6.01. The predicted molar refractivity (Wildman–Crippen MR) is 64.1 cm³/mol.